The van der Waals surface area contributed by atoms with Crippen LogP contribution in [0.5, 0.6) is 0 Å². The zero-order chi connectivity index (χ0) is 13.7. The van der Waals surface area contributed by atoms with Crippen molar-refractivity contribution in [2.45, 2.75) is 18.1 Å². The van der Waals surface area contributed by atoms with Crippen molar-refractivity contribution in [3.63, 3.8) is 0 Å². The van der Waals surface area contributed by atoms with Crippen LogP contribution in [0.2, 0.25) is 0 Å². The topological polar surface area (TPSA) is 58.0 Å². The summed E-state index contributed by atoms with van der Waals surface area (Å²) >= 11 is 1.50. The van der Waals surface area contributed by atoms with E-state index >= 15 is 0 Å². The van der Waals surface area contributed by atoms with Gasteiger partial charge >= 0.3 is 0 Å². The Morgan fingerprint density at radius 1 is 1.26 bits per heavy atom. The summed E-state index contributed by atoms with van der Waals surface area (Å²) < 4.78 is 0. The highest BCUT2D eigenvalue weighted by Gasteiger charge is 2.08. The van der Waals surface area contributed by atoms with Crippen LogP contribution in [-0.4, -0.2) is 34.0 Å². The monoisotopic (exact) mass is 275 g/mol. The van der Waals surface area contributed by atoms with Crippen LogP contribution in [0.25, 0.3) is 11.3 Å². The summed E-state index contributed by atoms with van der Waals surface area (Å²) in [6.45, 7) is 1.97. The number of rotatable bonds is 5. The number of anilines is 1. The van der Waals surface area contributed by atoms with Gasteiger partial charge in [0.2, 0.25) is 0 Å². The van der Waals surface area contributed by atoms with E-state index in [0.717, 1.165) is 17.1 Å². The van der Waals surface area contributed by atoms with Crippen molar-refractivity contribution in [2.75, 3.05) is 18.2 Å². The maximum absolute atomic E-state index is 9.10. The Labute approximate surface area is 117 Å². The molecule has 0 bridgehead atoms. The second-order valence-electron chi connectivity index (χ2n) is 4.22. The first-order chi connectivity index (χ1) is 9.22. The average Bonchev–Trinajstić information content (AvgIpc) is 2.47. The molecule has 1 aromatic carbocycles. The summed E-state index contributed by atoms with van der Waals surface area (Å²) in [6, 6.07) is 11.9. The Balaban J connectivity index is 2.36. The van der Waals surface area contributed by atoms with Crippen LogP contribution in [0.3, 0.4) is 0 Å². The summed E-state index contributed by atoms with van der Waals surface area (Å²) in [6.07, 6.45) is 1.95. The van der Waals surface area contributed by atoms with Crippen LogP contribution in [0.15, 0.2) is 41.6 Å². The summed E-state index contributed by atoms with van der Waals surface area (Å²) in [4.78, 5) is 8.90. The third-order valence-electron chi connectivity index (χ3n) is 2.63. The minimum absolute atomic E-state index is 0.0340. The van der Waals surface area contributed by atoms with Crippen molar-refractivity contribution in [3.8, 4) is 11.3 Å². The number of aliphatic hydroxyl groups is 1. The van der Waals surface area contributed by atoms with Crippen LogP contribution < -0.4 is 5.32 Å². The van der Waals surface area contributed by atoms with E-state index in [1.54, 1.807) is 0 Å². The summed E-state index contributed by atoms with van der Waals surface area (Å²) in [5.41, 5.74) is 1.94. The van der Waals surface area contributed by atoms with Crippen molar-refractivity contribution in [1.29, 1.82) is 0 Å². The standard InChI is InChI=1S/C14H17N3OS/c1-10(9-18)15-13-8-12(16-14(17-13)19-2)11-6-4-3-5-7-11/h3-8,10,18H,9H2,1-2H3,(H,15,16,17). The Morgan fingerprint density at radius 2 is 2.00 bits per heavy atom. The van der Waals surface area contributed by atoms with Crippen LogP contribution in [-0.2, 0) is 0 Å². The number of thioether (sulfide) groups is 1. The molecule has 1 unspecified atom stereocenters. The van der Waals surface area contributed by atoms with Crippen LogP contribution >= 0.6 is 11.8 Å². The van der Waals surface area contributed by atoms with E-state index < -0.39 is 0 Å². The molecule has 0 radical (unpaired) electrons. The zero-order valence-corrected chi connectivity index (χ0v) is 11.8. The lowest BCUT2D eigenvalue weighted by Gasteiger charge is -2.13. The Bertz CT molecular complexity index is 533. The van der Waals surface area contributed by atoms with E-state index in [-0.39, 0.29) is 12.6 Å². The van der Waals surface area contributed by atoms with Gasteiger partial charge in [0.05, 0.1) is 12.3 Å². The number of aromatic nitrogens is 2. The Morgan fingerprint density at radius 3 is 2.63 bits per heavy atom. The second-order valence-corrected chi connectivity index (χ2v) is 4.99. The van der Waals surface area contributed by atoms with E-state index in [4.69, 9.17) is 5.11 Å². The fourth-order valence-corrected chi connectivity index (χ4v) is 2.02. The quantitative estimate of drug-likeness (QED) is 0.649. The fraction of sp³-hybridized carbons (Fsp3) is 0.286. The van der Waals surface area contributed by atoms with Gasteiger partial charge in [0.25, 0.3) is 0 Å². The third kappa shape index (κ3) is 3.68. The zero-order valence-electron chi connectivity index (χ0n) is 11.0. The summed E-state index contributed by atoms with van der Waals surface area (Å²) in [5.74, 6) is 0.736. The fourth-order valence-electron chi connectivity index (χ4n) is 1.65. The van der Waals surface area contributed by atoms with E-state index in [1.807, 2.05) is 49.6 Å². The lowest BCUT2D eigenvalue weighted by atomic mass is 10.1. The smallest absolute Gasteiger partial charge is 0.189 e. The van der Waals surface area contributed by atoms with Gasteiger partial charge in [-0.1, -0.05) is 42.1 Å². The van der Waals surface area contributed by atoms with Gasteiger partial charge < -0.3 is 10.4 Å². The molecule has 0 spiro atoms. The first-order valence-electron chi connectivity index (χ1n) is 6.09. The van der Waals surface area contributed by atoms with Crippen LogP contribution in [0.1, 0.15) is 6.92 Å². The molecular formula is C14H17N3OS. The van der Waals surface area contributed by atoms with Gasteiger partial charge in [-0.2, -0.15) is 0 Å². The highest BCUT2D eigenvalue weighted by atomic mass is 32.2. The molecule has 0 aliphatic heterocycles. The molecule has 5 heteroatoms. The maximum atomic E-state index is 9.10. The van der Waals surface area contributed by atoms with Crippen molar-refractivity contribution >= 4 is 17.6 Å². The lowest BCUT2D eigenvalue weighted by molar-refractivity contribution is 0.281. The molecule has 100 valence electrons. The molecule has 0 saturated heterocycles. The average molecular weight is 275 g/mol. The second kappa shape index (κ2) is 6.54. The van der Waals surface area contributed by atoms with Crippen molar-refractivity contribution in [3.05, 3.63) is 36.4 Å². The molecular weight excluding hydrogens is 258 g/mol. The predicted molar refractivity (Wildman–Crippen MR) is 79.4 cm³/mol. The molecule has 1 heterocycles. The van der Waals surface area contributed by atoms with Gasteiger partial charge in [-0.15, -0.1) is 0 Å². The van der Waals surface area contributed by atoms with Crippen molar-refractivity contribution in [1.82, 2.24) is 9.97 Å². The highest BCUT2D eigenvalue weighted by Crippen LogP contribution is 2.22. The first kappa shape index (κ1) is 13.8. The van der Waals surface area contributed by atoms with Gasteiger partial charge in [-0.3, -0.25) is 0 Å². The van der Waals surface area contributed by atoms with Crippen molar-refractivity contribution in [2.24, 2.45) is 0 Å². The number of hydrogen-bond donors (Lipinski definition) is 2. The number of aliphatic hydroxyl groups excluding tert-OH is 1. The van der Waals surface area contributed by atoms with E-state index in [0.29, 0.717) is 5.16 Å². The molecule has 2 N–H and O–H groups in total. The molecule has 0 amide bonds. The molecule has 0 saturated carbocycles. The van der Waals surface area contributed by atoms with Gasteiger partial charge in [-0.05, 0) is 13.2 Å². The first-order valence-corrected chi connectivity index (χ1v) is 7.31. The molecule has 4 nitrogen and oxygen atoms in total. The molecule has 2 aromatic rings. The van der Waals surface area contributed by atoms with Crippen LogP contribution in [0, 0.1) is 0 Å². The minimum Gasteiger partial charge on any atom is -0.394 e. The Kier molecular flexibility index (Phi) is 4.76. The SMILES string of the molecule is CSc1nc(NC(C)CO)cc(-c2ccccc2)n1. The number of benzene rings is 1. The molecule has 2 rings (SSSR count). The number of nitrogens with zero attached hydrogens (tertiary/aromatic N) is 2. The van der Waals surface area contributed by atoms with Crippen molar-refractivity contribution < 1.29 is 5.11 Å². The largest absolute Gasteiger partial charge is 0.394 e. The molecule has 19 heavy (non-hydrogen) atoms. The Hall–Kier alpha value is -1.59. The number of hydrogen-bond acceptors (Lipinski definition) is 5. The molecule has 0 aliphatic carbocycles. The number of nitrogens with one attached hydrogen (secondary N) is 1. The molecule has 1 atom stereocenters. The van der Waals surface area contributed by atoms with Gasteiger partial charge in [0, 0.05) is 17.7 Å². The maximum Gasteiger partial charge on any atom is 0.189 e. The van der Waals surface area contributed by atoms with Gasteiger partial charge in [0.15, 0.2) is 5.16 Å². The molecule has 0 aliphatic rings. The molecule has 1 aromatic heterocycles. The molecule has 0 fully saturated rings. The van der Waals surface area contributed by atoms with Gasteiger partial charge in [-0.25, -0.2) is 9.97 Å². The van der Waals surface area contributed by atoms with E-state index in [2.05, 4.69) is 15.3 Å². The minimum atomic E-state index is -0.0340. The highest BCUT2D eigenvalue weighted by molar-refractivity contribution is 7.98. The predicted octanol–water partition coefficient (Wildman–Crippen LogP) is 2.66. The normalized spacial score (nSPS) is 12.2. The van der Waals surface area contributed by atoms with Gasteiger partial charge in [0.1, 0.15) is 5.82 Å². The third-order valence-corrected chi connectivity index (χ3v) is 3.17. The lowest BCUT2D eigenvalue weighted by Crippen LogP contribution is -2.20. The summed E-state index contributed by atoms with van der Waals surface area (Å²) in [5, 5.41) is 13.0. The summed E-state index contributed by atoms with van der Waals surface area (Å²) in [7, 11) is 0. The van der Waals surface area contributed by atoms with E-state index in [1.165, 1.54) is 11.8 Å². The van der Waals surface area contributed by atoms with Crippen LogP contribution in [0.4, 0.5) is 5.82 Å². The van der Waals surface area contributed by atoms with E-state index in [9.17, 15) is 0 Å².